The van der Waals surface area contributed by atoms with Gasteiger partial charge in [0.1, 0.15) is 0 Å². The van der Waals surface area contributed by atoms with Gasteiger partial charge in [-0.15, -0.1) is 0 Å². The molecule has 0 radical (unpaired) electrons. The van der Waals surface area contributed by atoms with E-state index in [0.29, 0.717) is 30.7 Å². The standard InChI is InChI=1S/C15H21NO3/c17-12-15(13(18)19,1-2-16-12)14-6-9-3-10(7-14)5-11(4-9)8-14/h9-11H,1-8H2,(H,16,17)(H,18,19). The van der Waals surface area contributed by atoms with E-state index in [-0.39, 0.29) is 11.3 Å². The molecule has 1 unspecified atom stereocenters. The second-order valence-corrected chi connectivity index (χ2v) is 7.41. The molecule has 1 aliphatic heterocycles. The van der Waals surface area contributed by atoms with Crippen LogP contribution in [0.2, 0.25) is 0 Å². The molecule has 1 saturated heterocycles. The van der Waals surface area contributed by atoms with Crippen LogP contribution in [0.5, 0.6) is 0 Å². The number of rotatable bonds is 2. The molecule has 5 aliphatic rings. The van der Waals surface area contributed by atoms with Crippen LogP contribution < -0.4 is 5.32 Å². The second kappa shape index (κ2) is 3.53. The Morgan fingerprint density at radius 2 is 1.63 bits per heavy atom. The molecule has 4 bridgehead atoms. The molecule has 19 heavy (non-hydrogen) atoms. The number of hydrogen-bond acceptors (Lipinski definition) is 2. The fourth-order valence-corrected chi connectivity index (χ4v) is 6.20. The van der Waals surface area contributed by atoms with Crippen molar-refractivity contribution in [2.45, 2.75) is 44.9 Å². The third-order valence-electron chi connectivity index (χ3n) is 6.48. The van der Waals surface area contributed by atoms with Crippen LogP contribution in [0.3, 0.4) is 0 Å². The summed E-state index contributed by atoms with van der Waals surface area (Å²) in [5.74, 6) is 0.953. The van der Waals surface area contributed by atoms with Gasteiger partial charge in [-0.1, -0.05) is 0 Å². The van der Waals surface area contributed by atoms with Crippen LogP contribution in [-0.4, -0.2) is 23.5 Å². The van der Waals surface area contributed by atoms with E-state index in [1.165, 1.54) is 19.3 Å². The van der Waals surface area contributed by atoms with E-state index in [1.807, 2.05) is 0 Å². The summed E-state index contributed by atoms with van der Waals surface area (Å²) < 4.78 is 0. The Bertz CT molecular complexity index is 423. The summed E-state index contributed by atoms with van der Waals surface area (Å²) in [5.41, 5.74) is -1.36. The van der Waals surface area contributed by atoms with Crippen LogP contribution >= 0.6 is 0 Å². The predicted octanol–water partition coefficient (Wildman–Crippen LogP) is 1.79. The van der Waals surface area contributed by atoms with E-state index >= 15 is 0 Å². The van der Waals surface area contributed by atoms with Gasteiger partial charge in [0.25, 0.3) is 0 Å². The number of aliphatic carboxylic acids is 1. The Morgan fingerprint density at radius 3 is 2.00 bits per heavy atom. The Balaban J connectivity index is 1.81. The number of hydrogen-bond donors (Lipinski definition) is 2. The van der Waals surface area contributed by atoms with Crippen molar-refractivity contribution in [2.75, 3.05) is 6.54 Å². The van der Waals surface area contributed by atoms with Crippen LogP contribution in [0.4, 0.5) is 0 Å². The van der Waals surface area contributed by atoms with E-state index in [2.05, 4.69) is 5.32 Å². The van der Waals surface area contributed by atoms with E-state index in [9.17, 15) is 14.7 Å². The highest BCUT2D eigenvalue weighted by atomic mass is 16.4. The summed E-state index contributed by atoms with van der Waals surface area (Å²) in [7, 11) is 0. The molecule has 4 nitrogen and oxygen atoms in total. The molecule has 2 N–H and O–H groups in total. The van der Waals surface area contributed by atoms with Crippen molar-refractivity contribution in [3.05, 3.63) is 0 Å². The highest BCUT2D eigenvalue weighted by Gasteiger charge is 2.68. The third-order valence-corrected chi connectivity index (χ3v) is 6.48. The van der Waals surface area contributed by atoms with Crippen molar-refractivity contribution < 1.29 is 14.7 Å². The molecule has 0 spiro atoms. The molecule has 5 rings (SSSR count). The molecule has 1 heterocycles. The Morgan fingerprint density at radius 1 is 1.11 bits per heavy atom. The van der Waals surface area contributed by atoms with E-state index in [4.69, 9.17) is 0 Å². The predicted molar refractivity (Wildman–Crippen MR) is 68.3 cm³/mol. The minimum atomic E-state index is -1.12. The Labute approximate surface area is 112 Å². The fourth-order valence-electron chi connectivity index (χ4n) is 6.20. The van der Waals surface area contributed by atoms with Gasteiger partial charge in [-0.25, -0.2) is 0 Å². The van der Waals surface area contributed by atoms with Crippen molar-refractivity contribution in [1.82, 2.24) is 5.32 Å². The monoisotopic (exact) mass is 263 g/mol. The minimum Gasteiger partial charge on any atom is -0.480 e. The zero-order chi connectivity index (χ0) is 13.3. The maximum Gasteiger partial charge on any atom is 0.319 e. The van der Waals surface area contributed by atoms with Crippen LogP contribution in [-0.2, 0) is 9.59 Å². The van der Waals surface area contributed by atoms with Gasteiger partial charge >= 0.3 is 5.97 Å². The number of carbonyl (C=O) groups is 2. The number of carbonyl (C=O) groups excluding carboxylic acids is 1. The zero-order valence-electron chi connectivity index (χ0n) is 11.2. The quantitative estimate of drug-likeness (QED) is 0.746. The van der Waals surface area contributed by atoms with Crippen molar-refractivity contribution in [1.29, 1.82) is 0 Å². The summed E-state index contributed by atoms with van der Waals surface area (Å²) >= 11 is 0. The summed E-state index contributed by atoms with van der Waals surface area (Å²) in [6, 6.07) is 0. The lowest BCUT2D eigenvalue weighted by atomic mass is 9.42. The summed E-state index contributed by atoms with van der Waals surface area (Å²) in [6.45, 7) is 0.535. The number of carboxylic acids is 1. The minimum absolute atomic E-state index is 0.207. The van der Waals surface area contributed by atoms with Crippen molar-refractivity contribution >= 4 is 11.9 Å². The van der Waals surface area contributed by atoms with Crippen molar-refractivity contribution in [3.63, 3.8) is 0 Å². The van der Waals surface area contributed by atoms with Gasteiger partial charge in [0.2, 0.25) is 5.91 Å². The van der Waals surface area contributed by atoms with Gasteiger partial charge in [0.05, 0.1) is 0 Å². The average molecular weight is 263 g/mol. The SMILES string of the molecule is O=C(O)C1(C23CC4CC(CC(C4)C2)C3)CCNC1=O. The first-order chi connectivity index (χ1) is 9.06. The zero-order valence-corrected chi connectivity index (χ0v) is 11.2. The van der Waals surface area contributed by atoms with Crippen molar-refractivity contribution in [3.8, 4) is 0 Å². The van der Waals surface area contributed by atoms with Crippen LogP contribution in [0.25, 0.3) is 0 Å². The molecule has 4 heteroatoms. The molecule has 1 amide bonds. The van der Waals surface area contributed by atoms with E-state index < -0.39 is 11.4 Å². The molecule has 0 aromatic heterocycles. The van der Waals surface area contributed by atoms with Crippen LogP contribution in [0, 0.1) is 28.6 Å². The average Bonchev–Trinajstić information content (AvgIpc) is 2.70. The van der Waals surface area contributed by atoms with Gasteiger partial charge in [-0.2, -0.15) is 0 Å². The van der Waals surface area contributed by atoms with E-state index in [0.717, 1.165) is 19.3 Å². The molecule has 1 atom stereocenters. The first-order valence-electron chi connectivity index (χ1n) is 7.57. The lowest BCUT2D eigenvalue weighted by Crippen LogP contribution is -2.60. The van der Waals surface area contributed by atoms with Crippen LogP contribution in [0.15, 0.2) is 0 Å². The van der Waals surface area contributed by atoms with Gasteiger partial charge in [0.15, 0.2) is 5.41 Å². The maximum absolute atomic E-state index is 12.4. The topological polar surface area (TPSA) is 66.4 Å². The molecular weight excluding hydrogens is 242 g/mol. The normalized spacial score (nSPS) is 51.4. The molecule has 0 aromatic rings. The summed E-state index contributed by atoms with van der Waals surface area (Å²) in [4.78, 5) is 24.4. The number of nitrogens with one attached hydrogen (secondary N) is 1. The third kappa shape index (κ3) is 1.30. The van der Waals surface area contributed by atoms with Gasteiger partial charge in [-0.3, -0.25) is 9.59 Å². The lowest BCUT2D eigenvalue weighted by Gasteiger charge is -2.60. The Hall–Kier alpha value is -1.06. The number of amides is 1. The molecule has 4 aliphatic carbocycles. The van der Waals surface area contributed by atoms with Gasteiger partial charge in [0, 0.05) is 6.54 Å². The van der Waals surface area contributed by atoms with Gasteiger partial charge in [-0.05, 0) is 68.1 Å². The Kier molecular flexibility index (Phi) is 2.18. The van der Waals surface area contributed by atoms with Crippen LogP contribution in [0.1, 0.15) is 44.9 Å². The maximum atomic E-state index is 12.4. The highest BCUT2D eigenvalue weighted by Crippen LogP contribution is 2.67. The first-order valence-corrected chi connectivity index (χ1v) is 7.57. The smallest absolute Gasteiger partial charge is 0.319 e. The molecular formula is C15H21NO3. The first kappa shape index (κ1) is 11.7. The molecule has 5 fully saturated rings. The van der Waals surface area contributed by atoms with Crippen molar-refractivity contribution in [2.24, 2.45) is 28.6 Å². The largest absolute Gasteiger partial charge is 0.480 e. The number of carboxylic acid groups (broad SMARTS) is 1. The fraction of sp³-hybridized carbons (Fsp3) is 0.867. The van der Waals surface area contributed by atoms with Gasteiger partial charge < -0.3 is 10.4 Å². The molecule has 4 saturated carbocycles. The summed E-state index contributed by atoms with van der Waals surface area (Å²) in [6.07, 6.45) is 7.23. The second-order valence-electron chi connectivity index (χ2n) is 7.41. The summed E-state index contributed by atoms with van der Waals surface area (Å²) in [5, 5.41) is 12.6. The molecule has 0 aromatic carbocycles. The van der Waals surface area contributed by atoms with E-state index in [1.54, 1.807) is 0 Å². The molecule has 104 valence electrons. The lowest BCUT2D eigenvalue weighted by molar-refractivity contribution is -0.181. The highest BCUT2D eigenvalue weighted by molar-refractivity contribution is 6.04.